The summed E-state index contributed by atoms with van der Waals surface area (Å²) in [6, 6.07) is 3.37. The number of thiophene rings is 1. The van der Waals surface area contributed by atoms with Gasteiger partial charge in [-0.3, -0.25) is 9.48 Å². The van der Waals surface area contributed by atoms with E-state index in [4.69, 9.17) is 11.6 Å². The van der Waals surface area contributed by atoms with Crippen LogP contribution in [0, 0.1) is 0 Å². The molecule has 2 aromatic rings. The van der Waals surface area contributed by atoms with Crippen molar-refractivity contribution in [2.24, 2.45) is 7.05 Å². The molecule has 108 valence electrons. The number of nitrogens with zero attached hydrogens (tertiary/aromatic N) is 2. The number of aromatic nitrogens is 2. The molecule has 2 rings (SSSR count). The fraction of sp³-hybridized carbons (Fsp3) is 0.273. The zero-order valence-corrected chi connectivity index (χ0v) is 13.1. The van der Waals surface area contributed by atoms with Gasteiger partial charge in [0.2, 0.25) is 5.91 Å². The molecule has 0 saturated heterocycles. The third-order valence-electron chi connectivity index (χ3n) is 2.64. The molecule has 0 aliphatic heterocycles. The molecule has 1 atom stereocenters. The van der Waals surface area contributed by atoms with Crippen LogP contribution in [0.15, 0.2) is 29.4 Å². The Morgan fingerprint density at radius 1 is 1.50 bits per heavy atom. The Kier molecular flexibility index (Phi) is 4.17. The van der Waals surface area contributed by atoms with Crippen molar-refractivity contribution in [1.29, 1.82) is 0 Å². The van der Waals surface area contributed by atoms with Gasteiger partial charge >= 0.3 is 0 Å². The van der Waals surface area contributed by atoms with Crippen molar-refractivity contribution < 1.29 is 13.2 Å². The highest BCUT2D eigenvalue weighted by molar-refractivity contribution is 7.90. The molecule has 0 radical (unpaired) electrons. The Morgan fingerprint density at radius 2 is 2.20 bits per heavy atom. The van der Waals surface area contributed by atoms with Gasteiger partial charge in [0.25, 0.3) is 10.0 Å². The first-order chi connectivity index (χ1) is 9.29. The molecule has 0 saturated carbocycles. The van der Waals surface area contributed by atoms with E-state index in [1.165, 1.54) is 28.4 Å². The molecular weight excluding hydrogens is 322 g/mol. The lowest BCUT2D eigenvalue weighted by Crippen LogP contribution is -2.33. The molecule has 6 nitrogen and oxygen atoms in total. The van der Waals surface area contributed by atoms with Gasteiger partial charge in [-0.2, -0.15) is 5.10 Å². The first-order valence-electron chi connectivity index (χ1n) is 5.60. The molecule has 1 N–H and O–H groups in total. The topological polar surface area (TPSA) is 81.1 Å². The van der Waals surface area contributed by atoms with Gasteiger partial charge in [-0.25, -0.2) is 13.1 Å². The molecule has 9 heteroatoms. The van der Waals surface area contributed by atoms with Crippen LogP contribution in [0.3, 0.4) is 0 Å². The molecule has 0 aliphatic rings. The summed E-state index contributed by atoms with van der Waals surface area (Å²) in [5.74, 6) is -1.20. The normalized spacial score (nSPS) is 13.2. The van der Waals surface area contributed by atoms with E-state index in [0.29, 0.717) is 9.21 Å². The molecule has 0 aliphatic carbocycles. The van der Waals surface area contributed by atoms with Gasteiger partial charge in [0, 0.05) is 18.1 Å². The summed E-state index contributed by atoms with van der Waals surface area (Å²) in [6.07, 6.45) is 2.50. The predicted molar refractivity (Wildman–Crippen MR) is 76.3 cm³/mol. The van der Waals surface area contributed by atoms with Gasteiger partial charge in [0.05, 0.1) is 16.5 Å². The van der Waals surface area contributed by atoms with E-state index < -0.39 is 21.8 Å². The smallest absolute Gasteiger partial charge is 0.267 e. The Morgan fingerprint density at radius 3 is 2.70 bits per heavy atom. The van der Waals surface area contributed by atoms with Crippen LogP contribution in [-0.2, 0) is 21.9 Å². The van der Waals surface area contributed by atoms with Crippen LogP contribution in [0.5, 0.6) is 0 Å². The fourth-order valence-corrected chi connectivity index (χ4v) is 3.66. The van der Waals surface area contributed by atoms with Crippen LogP contribution in [0.2, 0.25) is 4.34 Å². The van der Waals surface area contributed by atoms with Crippen LogP contribution in [0.1, 0.15) is 17.7 Å². The second kappa shape index (κ2) is 5.55. The van der Waals surface area contributed by atoms with Crippen molar-refractivity contribution >= 4 is 38.9 Å². The maximum Gasteiger partial charge on any atom is 0.267 e. The van der Waals surface area contributed by atoms with Gasteiger partial charge < -0.3 is 0 Å². The zero-order valence-electron chi connectivity index (χ0n) is 10.7. The van der Waals surface area contributed by atoms with E-state index in [1.54, 1.807) is 26.1 Å². The summed E-state index contributed by atoms with van der Waals surface area (Å²) in [7, 11) is -2.30. The molecule has 0 unspecified atom stereocenters. The number of carbonyl (C=O) groups excluding carboxylic acids is 1. The van der Waals surface area contributed by atoms with Crippen molar-refractivity contribution in [3.8, 4) is 0 Å². The standard InChI is InChI=1S/C11H12ClN3O3S2/c1-7(9-3-4-10(12)19-9)11(16)14-20(17,18)8-5-13-15(2)6-8/h3-7H,1-2H3,(H,14,16)/t7-/m0/s1. The molecule has 2 aromatic heterocycles. The minimum Gasteiger partial charge on any atom is -0.274 e. The minimum absolute atomic E-state index is 0.0511. The Bertz CT molecular complexity index is 736. The summed E-state index contributed by atoms with van der Waals surface area (Å²) < 4.78 is 27.9. The SMILES string of the molecule is C[C@H](C(=O)NS(=O)(=O)c1cnn(C)c1)c1ccc(Cl)s1. The number of hydrogen-bond donors (Lipinski definition) is 1. The van der Waals surface area contributed by atoms with Crippen molar-refractivity contribution in [3.05, 3.63) is 33.7 Å². The average Bonchev–Trinajstić information content (AvgIpc) is 2.96. The quantitative estimate of drug-likeness (QED) is 0.924. The average molecular weight is 334 g/mol. The number of rotatable bonds is 4. The summed E-state index contributed by atoms with van der Waals surface area (Å²) in [5.41, 5.74) is 0. The molecule has 0 bridgehead atoms. The number of sulfonamides is 1. The molecule has 20 heavy (non-hydrogen) atoms. The first kappa shape index (κ1) is 15.0. The summed E-state index contributed by atoms with van der Waals surface area (Å²) in [6.45, 7) is 1.62. The first-order valence-corrected chi connectivity index (χ1v) is 8.28. The second-order valence-electron chi connectivity index (χ2n) is 4.18. The fourth-order valence-electron chi connectivity index (χ4n) is 1.51. The van der Waals surface area contributed by atoms with Crippen molar-refractivity contribution in [2.75, 3.05) is 0 Å². The van der Waals surface area contributed by atoms with Crippen LogP contribution in [-0.4, -0.2) is 24.1 Å². The monoisotopic (exact) mass is 333 g/mol. The lowest BCUT2D eigenvalue weighted by molar-refractivity contribution is -0.120. The molecule has 0 fully saturated rings. The van der Waals surface area contributed by atoms with E-state index in [1.807, 2.05) is 4.72 Å². The van der Waals surface area contributed by atoms with Crippen molar-refractivity contribution in [3.63, 3.8) is 0 Å². The lowest BCUT2D eigenvalue weighted by atomic mass is 10.1. The number of carbonyl (C=O) groups is 1. The van der Waals surface area contributed by atoms with E-state index in [9.17, 15) is 13.2 Å². The maximum absolute atomic E-state index is 12.0. The summed E-state index contributed by atoms with van der Waals surface area (Å²) in [5, 5.41) is 3.77. The highest BCUT2D eigenvalue weighted by atomic mass is 35.5. The summed E-state index contributed by atoms with van der Waals surface area (Å²) >= 11 is 7.04. The van der Waals surface area contributed by atoms with E-state index >= 15 is 0 Å². The minimum atomic E-state index is -3.90. The number of halogens is 1. The Hall–Kier alpha value is -1.38. The Labute approximate surface area is 125 Å². The molecular formula is C11H12ClN3O3S2. The molecule has 0 spiro atoms. The number of amides is 1. The third-order valence-corrected chi connectivity index (χ3v) is 5.36. The lowest BCUT2D eigenvalue weighted by Gasteiger charge is -2.10. The van der Waals surface area contributed by atoms with Gasteiger partial charge in [0.1, 0.15) is 4.90 Å². The van der Waals surface area contributed by atoms with Crippen LogP contribution in [0.4, 0.5) is 0 Å². The van der Waals surface area contributed by atoms with Crippen LogP contribution >= 0.6 is 22.9 Å². The van der Waals surface area contributed by atoms with Crippen molar-refractivity contribution in [1.82, 2.24) is 14.5 Å². The van der Waals surface area contributed by atoms with Gasteiger partial charge in [0.15, 0.2) is 0 Å². The number of nitrogens with one attached hydrogen (secondary N) is 1. The van der Waals surface area contributed by atoms with Gasteiger partial charge in [-0.05, 0) is 19.1 Å². The summed E-state index contributed by atoms with van der Waals surface area (Å²) in [4.78, 5) is 12.6. The Balaban J connectivity index is 2.15. The van der Waals surface area contributed by atoms with E-state index in [0.717, 1.165) is 0 Å². The van der Waals surface area contributed by atoms with Gasteiger partial charge in [-0.1, -0.05) is 11.6 Å². The molecule has 2 heterocycles. The highest BCUT2D eigenvalue weighted by Gasteiger charge is 2.24. The molecule has 0 aromatic carbocycles. The van der Waals surface area contributed by atoms with Gasteiger partial charge in [-0.15, -0.1) is 11.3 Å². The predicted octanol–water partition coefficient (Wildman–Crippen LogP) is 1.74. The number of hydrogen-bond acceptors (Lipinski definition) is 5. The highest BCUT2D eigenvalue weighted by Crippen LogP contribution is 2.28. The third kappa shape index (κ3) is 3.20. The van der Waals surface area contributed by atoms with Crippen molar-refractivity contribution in [2.45, 2.75) is 17.7 Å². The zero-order chi connectivity index (χ0) is 14.9. The molecule has 1 amide bonds. The number of aryl methyl sites for hydroxylation is 1. The van der Waals surface area contributed by atoms with E-state index in [2.05, 4.69) is 5.10 Å². The van der Waals surface area contributed by atoms with E-state index in [-0.39, 0.29) is 4.90 Å². The van der Waals surface area contributed by atoms with Crippen LogP contribution < -0.4 is 4.72 Å². The maximum atomic E-state index is 12.0. The van der Waals surface area contributed by atoms with Crippen LogP contribution in [0.25, 0.3) is 0 Å². The second-order valence-corrected chi connectivity index (χ2v) is 7.61. The largest absolute Gasteiger partial charge is 0.274 e.